The molecule has 126 valence electrons. The van der Waals surface area contributed by atoms with E-state index in [9.17, 15) is 24.8 Å². The number of nitro groups is 1. The van der Waals surface area contributed by atoms with Crippen LogP contribution in [0.2, 0.25) is 0 Å². The maximum absolute atomic E-state index is 12.5. The molecular formula is C15H15N3O5S. The van der Waals surface area contributed by atoms with Crippen molar-refractivity contribution in [1.29, 1.82) is 0 Å². The van der Waals surface area contributed by atoms with Gasteiger partial charge in [0.05, 0.1) is 4.92 Å². The average molecular weight is 349 g/mol. The minimum absolute atomic E-state index is 0.109. The van der Waals surface area contributed by atoms with E-state index in [2.05, 4.69) is 10.3 Å². The molecule has 1 aliphatic rings. The molecule has 1 aromatic carbocycles. The van der Waals surface area contributed by atoms with Gasteiger partial charge in [-0.2, -0.15) is 11.8 Å². The van der Waals surface area contributed by atoms with Gasteiger partial charge in [-0.25, -0.2) is 4.79 Å². The number of non-ortho nitro benzene ring substituents is 1. The molecule has 3 N–H and O–H groups in total. The Kier molecular flexibility index (Phi) is 4.18. The van der Waals surface area contributed by atoms with E-state index < -0.39 is 22.3 Å². The van der Waals surface area contributed by atoms with Gasteiger partial charge in [0.1, 0.15) is 16.7 Å². The van der Waals surface area contributed by atoms with Crippen LogP contribution in [0.4, 0.5) is 5.69 Å². The van der Waals surface area contributed by atoms with Gasteiger partial charge in [0.25, 0.3) is 11.6 Å². The molecule has 1 aliphatic heterocycles. The van der Waals surface area contributed by atoms with E-state index in [-0.39, 0.29) is 16.9 Å². The summed E-state index contributed by atoms with van der Waals surface area (Å²) in [7, 11) is 0. The van der Waals surface area contributed by atoms with Gasteiger partial charge in [-0.15, -0.1) is 0 Å². The highest BCUT2D eigenvalue weighted by molar-refractivity contribution is 7.99. The van der Waals surface area contributed by atoms with Gasteiger partial charge in [0.15, 0.2) is 0 Å². The number of nitrogens with one attached hydrogen (secondary N) is 2. The van der Waals surface area contributed by atoms with Crippen molar-refractivity contribution in [1.82, 2.24) is 10.3 Å². The van der Waals surface area contributed by atoms with Crippen molar-refractivity contribution in [3.63, 3.8) is 0 Å². The summed E-state index contributed by atoms with van der Waals surface area (Å²) in [6.45, 7) is 0. The number of benzene rings is 1. The Morgan fingerprint density at radius 3 is 2.67 bits per heavy atom. The summed E-state index contributed by atoms with van der Waals surface area (Å²) >= 11 is 1.65. The number of H-pyrrole nitrogens is 1. The van der Waals surface area contributed by atoms with Crippen LogP contribution in [0.25, 0.3) is 10.9 Å². The lowest BCUT2D eigenvalue weighted by molar-refractivity contribution is -0.383. The van der Waals surface area contributed by atoms with E-state index in [1.165, 1.54) is 18.2 Å². The number of hydrogen-bond acceptors (Lipinski definition) is 5. The molecule has 1 aromatic heterocycles. The number of hydrogen-bond donors (Lipinski definition) is 3. The highest BCUT2D eigenvalue weighted by atomic mass is 32.2. The van der Waals surface area contributed by atoms with E-state index in [1.54, 1.807) is 17.8 Å². The Balaban J connectivity index is 1.92. The molecule has 1 fully saturated rings. The molecule has 9 heteroatoms. The van der Waals surface area contributed by atoms with E-state index in [0.717, 1.165) is 0 Å². The monoisotopic (exact) mass is 349 g/mol. The predicted octanol–water partition coefficient (Wildman–Crippen LogP) is 2.16. The molecule has 1 saturated heterocycles. The highest BCUT2D eigenvalue weighted by Gasteiger charge is 2.41. The molecule has 3 rings (SSSR count). The number of aromatic nitrogens is 1. The number of para-hydroxylation sites is 1. The second kappa shape index (κ2) is 6.16. The molecule has 0 unspecified atom stereocenters. The number of nitro benzene ring substituents is 1. The Bertz CT molecular complexity index is 826. The van der Waals surface area contributed by atoms with Crippen LogP contribution >= 0.6 is 11.8 Å². The van der Waals surface area contributed by atoms with Gasteiger partial charge in [-0.05, 0) is 30.4 Å². The van der Waals surface area contributed by atoms with Gasteiger partial charge < -0.3 is 15.4 Å². The first kappa shape index (κ1) is 16.3. The third-order valence-corrected chi connectivity index (χ3v) is 5.17. The maximum Gasteiger partial charge on any atom is 0.329 e. The lowest BCUT2D eigenvalue weighted by Gasteiger charge is -2.33. The summed E-state index contributed by atoms with van der Waals surface area (Å²) in [5.74, 6) is -0.316. The first-order valence-electron chi connectivity index (χ1n) is 7.33. The fourth-order valence-electron chi connectivity index (χ4n) is 2.81. The quantitative estimate of drug-likeness (QED) is 0.574. The zero-order chi connectivity index (χ0) is 17.3. The van der Waals surface area contributed by atoms with Crippen molar-refractivity contribution >= 4 is 40.2 Å². The van der Waals surface area contributed by atoms with E-state index >= 15 is 0 Å². The Hall–Kier alpha value is -2.55. The van der Waals surface area contributed by atoms with Gasteiger partial charge in [-0.3, -0.25) is 14.9 Å². The molecule has 8 nitrogen and oxygen atoms in total. The highest BCUT2D eigenvalue weighted by Crippen LogP contribution is 2.29. The molecule has 0 spiro atoms. The van der Waals surface area contributed by atoms with Crippen LogP contribution in [0.1, 0.15) is 23.3 Å². The van der Waals surface area contributed by atoms with Crippen molar-refractivity contribution in [2.75, 3.05) is 11.5 Å². The second-order valence-corrected chi connectivity index (χ2v) is 6.86. The van der Waals surface area contributed by atoms with Gasteiger partial charge in [0.2, 0.25) is 0 Å². The SMILES string of the molecule is O=C(NC1(C(=O)O)CCSCC1)c1cc2cccc([N+](=O)[O-])c2[nH]1. The summed E-state index contributed by atoms with van der Waals surface area (Å²) in [4.78, 5) is 37.4. The molecule has 0 aliphatic carbocycles. The molecule has 24 heavy (non-hydrogen) atoms. The average Bonchev–Trinajstić information content (AvgIpc) is 2.99. The lowest BCUT2D eigenvalue weighted by Crippen LogP contribution is -2.56. The summed E-state index contributed by atoms with van der Waals surface area (Å²) in [6.07, 6.45) is 0.693. The number of carbonyl (C=O) groups is 2. The van der Waals surface area contributed by atoms with Crippen molar-refractivity contribution in [3.05, 3.63) is 40.1 Å². The predicted molar refractivity (Wildman–Crippen MR) is 89.3 cm³/mol. The van der Waals surface area contributed by atoms with Crippen LogP contribution in [-0.4, -0.2) is 43.9 Å². The van der Waals surface area contributed by atoms with Crippen molar-refractivity contribution in [3.8, 4) is 0 Å². The second-order valence-electron chi connectivity index (χ2n) is 5.64. The van der Waals surface area contributed by atoms with Crippen LogP contribution in [0.3, 0.4) is 0 Å². The minimum Gasteiger partial charge on any atom is -0.480 e. The van der Waals surface area contributed by atoms with Gasteiger partial charge in [0, 0.05) is 11.5 Å². The third kappa shape index (κ3) is 2.82. The van der Waals surface area contributed by atoms with Gasteiger partial charge >= 0.3 is 5.97 Å². The number of fused-ring (bicyclic) bond motifs is 1. The molecule has 0 bridgehead atoms. The fourth-order valence-corrected chi connectivity index (χ4v) is 4.00. The third-order valence-electron chi connectivity index (χ3n) is 4.18. The van der Waals surface area contributed by atoms with E-state index in [1.807, 2.05) is 0 Å². The number of thioether (sulfide) groups is 1. The number of aromatic amines is 1. The number of aliphatic carboxylic acids is 1. The smallest absolute Gasteiger partial charge is 0.329 e. The van der Waals surface area contributed by atoms with Crippen LogP contribution in [0.5, 0.6) is 0 Å². The number of rotatable bonds is 4. The van der Waals surface area contributed by atoms with Crippen molar-refractivity contribution < 1.29 is 19.6 Å². The minimum atomic E-state index is -1.29. The zero-order valence-electron chi connectivity index (χ0n) is 12.6. The Morgan fingerprint density at radius 1 is 1.33 bits per heavy atom. The van der Waals surface area contributed by atoms with Crippen LogP contribution in [0.15, 0.2) is 24.3 Å². The van der Waals surface area contributed by atoms with E-state index in [0.29, 0.717) is 29.7 Å². The largest absolute Gasteiger partial charge is 0.480 e. The number of amides is 1. The summed E-state index contributed by atoms with van der Waals surface area (Å²) in [6, 6.07) is 6.02. The molecule has 2 heterocycles. The summed E-state index contributed by atoms with van der Waals surface area (Å²) < 4.78 is 0. The zero-order valence-corrected chi connectivity index (χ0v) is 13.4. The van der Waals surface area contributed by atoms with Gasteiger partial charge in [-0.1, -0.05) is 12.1 Å². The first-order chi connectivity index (χ1) is 11.4. The molecule has 0 atom stereocenters. The summed E-state index contributed by atoms with van der Waals surface area (Å²) in [5, 5.41) is 23.7. The molecular weight excluding hydrogens is 334 g/mol. The molecule has 0 saturated carbocycles. The maximum atomic E-state index is 12.5. The normalized spacial score (nSPS) is 16.7. The fraction of sp³-hybridized carbons (Fsp3) is 0.333. The van der Waals surface area contributed by atoms with Crippen molar-refractivity contribution in [2.24, 2.45) is 0 Å². The van der Waals surface area contributed by atoms with Crippen LogP contribution < -0.4 is 5.32 Å². The van der Waals surface area contributed by atoms with Crippen LogP contribution in [-0.2, 0) is 4.79 Å². The number of carbonyl (C=O) groups excluding carboxylic acids is 1. The molecule has 2 aromatic rings. The molecule has 0 radical (unpaired) electrons. The molecule has 1 amide bonds. The topological polar surface area (TPSA) is 125 Å². The van der Waals surface area contributed by atoms with E-state index in [4.69, 9.17) is 0 Å². The van der Waals surface area contributed by atoms with Crippen LogP contribution in [0, 0.1) is 10.1 Å². The summed E-state index contributed by atoms with van der Waals surface area (Å²) in [5.41, 5.74) is -1.06. The Morgan fingerprint density at radius 2 is 2.04 bits per heavy atom. The standard InChI is InChI=1S/C15H15N3O5S/c19-13(17-15(14(20)21)4-6-24-7-5-15)10-8-9-2-1-3-11(18(22)23)12(9)16-10/h1-3,8,16H,4-7H2,(H,17,19)(H,20,21). The lowest BCUT2D eigenvalue weighted by atomic mass is 9.92. The number of carboxylic acids is 1. The number of nitrogens with zero attached hydrogens (tertiary/aromatic N) is 1. The van der Waals surface area contributed by atoms with Crippen molar-refractivity contribution in [2.45, 2.75) is 18.4 Å². The number of carboxylic acid groups (broad SMARTS) is 1. The first-order valence-corrected chi connectivity index (χ1v) is 8.48. The Labute approximate surface area is 140 Å².